The molecule has 0 aromatic carbocycles. The minimum Gasteiger partial charge on any atom is -0.445 e. The lowest BCUT2D eigenvalue weighted by Gasteiger charge is -2.47. The first-order valence-electron chi connectivity index (χ1n) is 18.5. The summed E-state index contributed by atoms with van der Waals surface area (Å²) < 4.78 is 41.5. The zero-order valence-electron chi connectivity index (χ0n) is 32.7. The molecule has 6 unspecified atom stereocenters. The molecule has 3 aliphatic rings. The van der Waals surface area contributed by atoms with Gasteiger partial charge >= 0.3 is 18.3 Å². The number of hydrogen-bond donors (Lipinski definition) is 4. The van der Waals surface area contributed by atoms with Gasteiger partial charge in [0.05, 0.1) is 62.4 Å². The van der Waals surface area contributed by atoms with Gasteiger partial charge in [-0.15, -0.1) is 0 Å². The molecule has 3 aliphatic heterocycles. The van der Waals surface area contributed by atoms with Gasteiger partial charge < -0.3 is 59.0 Å². The van der Waals surface area contributed by atoms with E-state index in [4.69, 9.17) is 142 Å². The van der Waals surface area contributed by atoms with E-state index in [1.807, 2.05) is 41.5 Å². The zero-order chi connectivity index (χ0) is 43.9. The van der Waals surface area contributed by atoms with Gasteiger partial charge in [-0.25, -0.2) is 14.4 Å². The molecule has 0 aliphatic carbocycles. The molecule has 0 spiro atoms. The number of aliphatic hydroxyl groups excluding tert-OH is 1. The van der Waals surface area contributed by atoms with Gasteiger partial charge in [0.2, 0.25) is 11.4 Å². The van der Waals surface area contributed by atoms with Crippen molar-refractivity contribution >= 4 is 123 Å². The third-order valence-corrected chi connectivity index (χ3v) is 12.0. The molecule has 0 radical (unpaired) electrons. The summed E-state index contributed by atoms with van der Waals surface area (Å²) in [6.45, 7) is 11.5. The number of amides is 3. The van der Waals surface area contributed by atoms with E-state index < -0.39 is 105 Å². The molecule has 0 saturated carbocycles. The first-order valence-corrected chi connectivity index (χ1v) is 21.9. The SMILES string of the molecule is C[C@@H]1OC(CO[C@@H]2OC(CO[C@@H]3OC(CO)[C@@H](C)[C@H](C)C3NC(=O)OCC(Cl)(Cl)Cl)[C@@H](C)[C@H](C)C2NC(=O)OCC(Cl)(Cl)Cl)[C@@H](C)[C@H](C)C1NC(=O)OCC(Cl)(Cl)Cl. The fourth-order valence-corrected chi connectivity index (χ4v) is 7.54. The Morgan fingerprint density at radius 2 is 0.810 bits per heavy atom. The molecule has 338 valence electrons. The minimum atomic E-state index is -1.84. The van der Waals surface area contributed by atoms with Gasteiger partial charge in [-0.1, -0.05) is 146 Å². The van der Waals surface area contributed by atoms with E-state index in [9.17, 15) is 19.5 Å². The smallest absolute Gasteiger partial charge is 0.407 e. The van der Waals surface area contributed by atoms with Crippen LogP contribution in [0.15, 0.2) is 0 Å². The van der Waals surface area contributed by atoms with E-state index in [0.717, 1.165) is 0 Å². The number of hydrogen-bond acceptors (Lipinski definition) is 12. The van der Waals surface area contributed by atoms with E-state index in [2.05, 4.69) is 16.0 Å². The average molecular weight is 1010 g/mol. The number of alkyl carbamates (subject to hydrolysis) is 3. The Labute approximate surface area is 383 Å². The van der Waals surface area contributed by atoms with Crippen LogP contribution in [0.1, 0.15) is 48.5 Å². The van der Waals surface area contributed by atoms with Gasteiger partial charge in [0.25, 0.3) is 0 Å². The van der Waals surface area contributed by atoms with Crippen LogP contribution in [-0.2, 0) is 37.9 Å². The Hall–Kier alpha value is 0.180. The average Bonchev–Trinajstić information content (AvgIpc) is 3.12. The highest BCUT2D eigenvalue weighted by atomic mass is 35.6. The monoisotopic (exact) mass is 1010 g/mol. The number of carbonyl (C=O) groups excluding carboxylic acids is 3. The number of rotatable bonds is 13. The molecule has 3 fully saturated rings. The van der Waals surface area contributed by atoms with Gasteiger partial charge in [0, 0.05) is 0 Å². The number of ether oxygens (including phenoxy) is 8. The third kappa shape index (κ3) is 16.4. The molecule has 3 heterocycles. The van der Waals surface area contributed by atoms with Crippen molar-refractivity contribution < 1.29 is 57.4 Å². The molecule has 0 aromatic heterocycles. The van der Waals surface area contributed by atoms with Crippen LogP contribution in [0.2, 0.25) is 0 Å². The largest absolute Gasteiger partial charge is 0.445 e. The van der Waals surface area contributed by atoms with E-state index in [1.165, 1.54) is 0 Å². The van der Waals surface area contributed by atoms with Crippen LogP contribution in [0.3, 0.4) is 0 Å². The lowest BCUT2D eigenvalue weighted by molar-refractivity contribution is -0.285. The summed E-state index contributed by atoms with van der Waals surface area (Å²) in [5.74, 6) is -1.32. The van der Waals surface area contributed by atoms with Crippen molar-refractivity contribution in [2.45, 2.75) is 115 Å². The zero-order valence-corrected chi connectivity index (χ0v) is 39.5. The number of halogens is 9. The highest BCUT2D eigenvalue weighted by molar-refractivity contribution is 6.68. The molecule has 4 N–H and O–H groups in total. The maximum absolute atomic E-state index is 12.9. The summed E-state index contributed by atoms with van der Waals surface area (Å²) in [7, 11) is 0. The molecule has 3 amide bonds. The Bertz CT molecular complexity index is 1350. The van der Waals surface area contributed by atoms with Gasteiger partial charge in [-0.3, -0.25) is 0 Å². The maximum atomic E-state index is 12.9. The molecule has 24 heteroatoms. The molecule has 0 bridgehead atoms. The van der Waals surface area contributed by atoms with Crippen molar-refractivity contribution in [3.05, 3.63) is 0 Å². The maximum Gasteiger partial charge on any atom is 0.407 e. The highest BCUT2D eigenvalue weighted by Gasteiger charge is 2.48. The Morgan fingerprint density at radius 1 is 0.500 bits per heavy atom. The molecule has 15 atom stereocenters. The van der Waals surface area contributed by atoms with E-state index in [1.54, 1.807) is 6.92 Å². The van der Waals surface area contributed by atoms with Crippen molar-refractivity contribution in [1.29, 1.82) is 0 Å². The number of nitrogens with one attached hydrogen (secondary N) is 3. The fraction of sp³-hybridized carbons (Fsp3) is 0.912. The van der Waals surface area contributed by atoms with Crippen molar-refractivity contribution in [2.24, 2.45) is 35.5 Å². The molecule has 58 heavy (non-hydrogen) atoms. The van der Waals surface area contributed by atoms with Crippen molar-refractivity contribution in [3.63, 3.8) is 0 Å². The molecule has 3 rings (SSSR count). The van der Waals surface area contributed by atoms with Crippen LogP contribution in [0, 0.1) is 35.5 Å². The standard InChI is InChI=1S/C34H52Cl9N3O12/c1-14-18(5)25(45-30(49)54-12-33(38,39)40)27(57-21(14)8-47)52-10-23-16(3)19(6)26(46-31(50)55-13-34(41,42)43)28(58-23)51-9-22-15(2)17(4)24(20(7)56-22)44-29(48)53-11-32(35,36)37/h14-28,47H,8-13H2,1-7H3,(H,44,48)(H,45,49)(H,46,50)/t14-,15-,16-,17-,18-,19-,20-,21?,22?,23?,24?,25?,26?,27+,28+/m0/s1. The van der Waals surface area contributed by atoms with E-state index in [0.29, 0.717) is 0 Å². The van der Waals surface area contributed by atoms with Gasteiger partial charge in [-0.2, -0.15) is 0 Å². The predicted molar refractivity (Wildman–Crippen MR) is 221 cm³/mol. The highest BCUT2D eigenvalue weighted by Crippen LogP contribution is 2.37. The summed E-state index contributed by atoms with van der Waals surface area (Å²) in [5, 5.41) is 18.4. The van der Waals surface area contributed by atoms with Crippen LogP contribution < -0.4 is 16.0 Å². The molecular formula is C34H52Cl9N3O12. The predicted octanol–water partition coefficient (Wildman–Crippen LogP) is 7.46. The normalized spacial score (nSPS) is 36.1. The Balaban J connectivity index is 1.77. The summed E-state index contributed by atoms with van der Waals surface area (Å²) >= 11 is 51.8. The number of aliphatic hydroxyl groups is 1. The second-order valence-corrected chi connectivity index (χ2v) is 22.6. The van der Waals surface area contributed by atoms with Crippen molar-refractivity contribution in [3.8, 4) is 0 Å². The van der Waals surface area contributed by atoms with Gasteiger partial charge in [0.1, 0.15) is 19.8 Å². The molecule has 3 saturated heterocycles. The van der Waals surface area contributed by atoms with Crippen LogP contribution in [-0.4, -0.2) is 130 Å². The van der Waals surface area contributed by atoms with Crippen LogP contribution in [0.4, 0.5) is 14.4 Å². The van der Waals surface area contributed by atoms with Crippen molar-refractivity contribution in [2.75, 3.05) is 39.6 Å². The summed E-state index contributed by atoms with van der Waals surface area (Å²) in [5.41, 5.74) is 0. The first kappa shape index (κ1) is 52.5. The fourth-order valence-electron chi connectivity index (χ4n) is 7.05. The molecule has 15 nitrogen and oxygen atoms in total. The summed E-state index contributed by atoms with van der Waals surface area (Å²) in [6, 6.07) is -1.95. The topological polar surface area (TPSA) is 181 Å². The number of alkyl halides is 9. The van der Waals surface area contributed by atoms with Crippen LogP contribution >= 0.6 is 104 Å². The summed E-state index contributed by atoms with van der Waals surface area (Å²) in [4.78, 5) is 38.2. The third-order valence-electron chi connectivity index (χ3n) is 11.0. The Morgan fingerprint density at radius 3 is 1.17 bits per heavy atom. The summed E-state index contributed by atoms with van der Waals surface area (Å²) in [6.07, 6.45) is -6.83. The number of carbonyl (C=O) groups is 3. The van der Waals surface area contributed by atoms with Crippen LogP contribution in [0.5, 0.6) is 0 Å². The molecular weight excluding hydrogens is 961 g/mol. The van der Waals surface area contributed by atoms with Gasteiger partial charge in [0.15, 0.2) is 12.6 Å². The lowest BCUT2D eigenvalue weighted by Crippen LogP contribution is -2.61. The first-order chi connectivity index (χ1) is 26.7. The Kier molecular flexibility index (Phi) is 20.5. The van der Waals surface area contributed by atoms with E-state index >= 15 is 0 Å². The van der Waals surface area contributed by atoms with Gasteiger partial charge in [-0.05, 0) is 42.4 Å². The van der Waals surface area contributed by atoms with Crippen LogP contribution in [0.25, 0.3) is 0 Å². The minimum absolute atomic E-state index is 0.0165. The quantitative estimate of drug-likeness (QED) is 0.106. The second-order valence-electron chi connectivity index (χ2n) is 15.1. The molecule has 0 aromatic rings. The lowest BCUT2D eigenvalue weighted by atomic mass is 9.80. The second kappa shape index (κ2) is 22.7. The van der Waals surface area contributed by atoms with Crippen molar-refractivity contribution in [1.82, 2.24) is 16.0 Å². The van der Waals surface area contributed by atoms with E-state index in [-0.39, 0.29) is 55.3 Å².